The molecule has 1 aromatic heterocycles. The maximum atomic E-state index is 10.6. The summed E-state index contributed by atoms with van der Waals surface area (Å²) in [7, 11) is 0. The van der Waals surface area contributed by atoms with E-state index in [1.54, 1.807) is 25.3 Å². The number of piperidine rings is 1. The van der Waals surface area contributed by atoms with Gasteiger partial charge in [0.15, 0.2) is 5.96 Å². The fourth-order valence-electron chi connectivity index (χ4n) is 3.83. The summed E-state index contributed by atoms with van der Waals surface area (Å²) in [6.07, 6.45) is 6.81. The van der Waals surface area contributed by atoms with E-state index < -0.39 is 5.60 Å². The third-order valence-corrected chi connectivity index (χ3v) is 5.29. The van der Waals surface area contributed by atoms with E-state index in [4.69, 9.17) is 9.41 Å². The standard InChI is InChI=1S/C19H32N4O2.HI/c1-3-20-18(21-15-19(2,24)17-8-7-13-25-17)23-12-9-16(14-23)22-10-5-4-6-11-22;/h7-8,13,16,24H,3-6,9-12,14-15H2,1-2H3,(H,20,21);1H. The van der Waals surface area contributed by atoms with Gasteiger partial charge in [-0.1, -0.05) is 6.42 Å². The van der Waals surface area contributed by atoms with Gasteiger partial charge in [0.2, 0.25) is 0 Å². The highest BCUT2D eigenvalue weighted by atomic mass is 127. The lowest BCUT2D eigenvalue weighted by Crippen LogP contribution is -2.45. The molecule has 7 heteroatoms. The van der Waals surface area contributed by atoms with E-state index in [2.05, 4.69) is 22.0 Å². The number of nitrogens with zero attached hydrogens (tertiary/aromatic N) is 3. The molecule has 0 radical (unpaired) electrons. The number of hydrogen-bond acceptors (Lipinski definition) is 4. The molecule has 0 spiro atoms. The van der Waals surface area contributed by atoms with E-state index in [1.807, 2.05) is 0 Å². The van der Waals surface area contributed by atoms with Gasteiger partial charge in [-0.15, -0.1) is 24.0 Å². The quantitative estimate of drug-likeness (QED) is 0.389. The molecule has 0 saturated carbocycles. The fourth-order valence-corrected chi connectivity index (χ4v) is 3.83. The average Bonchev–Trinajstić information content (AvgIpc) is 3.31. The van der Waals surface area contributed by atoms with Crippen LogP contribution in [0, 0.1) is 0 Å². The summed E-state index contributed by atoms with van der Waals surface area (Å²) in [6.45, 7) is 9.46. The van der Waals surface area contributed by atoms with Crippen LogP contribution >= 0.6 is 24.0 Å². The lowest BCUT2D eigenvalue weighted by Gasteiger charge is -2.32. The summed E-state index contributed by atoms with van der Waals surface area (Å²) >= 11 is 0. The molecule has 26 heavy (non-hydrogen) atoms. The number of likely N-dealkylation sites (tertiary alicyclic amines) is 2. The summed E-state index contributed by atoms with van der Waals surface area (Å²) in [5, 5.41) is 14.0. The van der Waals surface area contributed by atoms with Crippen LogP contribution in [0.3, 0.4) is 0 Å². The molecule has 2 aliphatic rings. The number of furan rings is 1. The van der Waals surface area contributed by atoms with E-state index in [-0.39, 0.29) is 30.5 Å². The van der Waals surface area contributed by atoms with Crippen molar-refractivity contribution in [2.24, 2.45) is 4.99 Å². The van der Waals surface area contributed by atoms with E-state index in [1.165, 1.54) is 38.8 Å². The zero-order valence-corrected chi connectivity index (χ0v) is 18.3. The summed E-state index contributed by atoms with van der Waals surface area (Å²) in [4.78, 5) is 9.68. The number of hydrogen-bond donors (Lipinski definition) is 2. The van der Waals surface area contributed by atoms with E-state index >= 15 is 0 Å². The van der Waals surface area contributed by atoms with Crippen molar-refractivity contribution in [1.29, 1.82) is 0 Å². The van der Waals surface area contributed by atoms with Crippen LogP contribution in [0.25, 0.3) is 0 Å². The van der Waals surface area contributed by atoms with Crippen molar-refractivity contribution in [2.45, 2.75) is 51.2 Å². The first-order valence-corrected chi connectivity index (χ1v) is 9.64. The highest BCUT2D eigenvalue weighted by Crippen LogP contribution is 2.23. The smallest absolute Gasteiger partial charge is 0.194 e. The summed E-state index contributed by atoms with van der Waals surface area (Å²) < 4.78 is 5.35. The van der Waals surface area contributed by atoms with Crippen molar-refractivity contribution < 1.29 is 9.52 Å². The second-order valence-corrected chi connectivity index (χ2v) is 7.41. The van der Waals surface area contributed by atoms with Crippen molar-refractivity contribution in [2.75, 3.05) is 39.3 Å². The maximum Gasteiger partial charge on any atom is 0.194 e. The van der Waals surface area contributed by atoms with Crippen molar-refractivity contribution in [3.8, 4) is 0 Å². The lowest BCUT2D eigenvalue weighted by atomic mass is 10.0. The zero-order valence-electron chi connectivity index (χ0n) is 16.0. The Hall–Kier alpha value is -0.800. The van der Waals surface area contributed by atoms with Crippen LogP contribution in [0.4, 0.5) is 0 Å². The number of aliphatic hydroxyl groups is 1. The molecular weight excluding hydrogens is 443 g/mol. The molecule has 0 amide bonds. The molecule has 148 valence electrons. The number of guanidine groups is 1. The lowest BCUT2D eigenvalue weighted by molar-refractivity contribution is 0.0435. The van der Waals surface area contributed by atoms with E-state index in [9.17, 15) is 5.11 Å². The number of nitrogens with one attached hydrogen (secondary N) is 1. The van der Waals surface area contributed by atoms with Crippen molar-refractivity contribution in [1.82, 2.24) is 15.1 Å². The third-order valence-electron chi connectivity index (χ3n) is 5.29. The van der Waals surface area contributed by atoms with Crippen molar-refractivity contribution in [3.05, 3.63) is 24.2 Å². The third kappa shape index (κ3) is 5.36. The molecule has 2 atom stereocenters. The Kier molecular flexibility index (Phi) is 8.22. The summed E-state index contributed by atoms with van der Waals surface area (Å²) in [5.74, 6) is 1.45. The zero-order chi connectivity index (χ0) is 17.7. The molecule has 2 aliphatic heterocycles. The number of halogens is 1. The van der Waals surface area contributed by atoms with Gasteiger partial charge in [0.05, 0.1) is 12.8 Å². The molecule has 2 N–H and O–H groups in total. The molecule has 2 fully saturated rings. The number of aliphatic imine (C=N–C) groups is 1. The van der Waals surface area contributed by atoms with Gasteiger partial charge in [-0.05, 0) is 58.3 Å². The average molecular weight is 476 g/mol. The highest BCUT2D eigenvalue weighted by molar-refractivity contribution is 14.0. The monoisotopic (exact) mass is 476 g/mol. The van der Waals surface area contributed by atoms with Crippen LogP contribution in [0.1, 0.15) is 45.3 Å². The van der Waals surface area contributed by atoms with Gasteiger partial charge in [-0.2, -0.15) is 0 Å². The van der Waals surface area contributed by atoms with E-state index in [0.717, 1.165) is 25.6 Å². The predicted octanol–water partition coefficient (Wildman–Crippen LogP) is 2.63. The maximum absolute atomic E-state index is 10.6. The van der Waals surface area contributed by atoms with Crippen LogP contribution in [0.2, 0.25) is 0 Å². The van der Waals surface area contributed by atoms with Gasteiger partial charge >= 0.3 is 0 Å². The molecule has 1 aromatic rings. The SMILES string of the molecule is CCNC(=NCC(C)(O)c1ccco1)N1CCC(N2CCCCC2)C1.I. The second-order valence-electron chi connectivity index (χ2n) is 7.41. The van der Waals surface area contributed by atoms with Gasteiger partial charge in [0.25, 0.3) is 0 Å². The van der Waals surface area contributed by atoms with Gasteiger partial charge in [-0.3, -0.25) is 4.90 Å². The second kappa shape index (κ2) is 9.94. The summed E-state index contributed by atoms with van der Waals surface area (Å²) in [5.41, 5.74) is -1.09. The normalized spacial score (nSPS) is 24.2. The fraction of sp³-hybridized carbons (Fsp3) is 0.737. The first-order valence-electron chi connectivity index (χ1n) is 9.64. The van der Waals surface area contributed by atoms with Crippen LogP contribution in [0.5, 0.6) is 0 Å². The van der Waals surface area contributed by atoms with Crippen LogP contribution in [-0.4, -0.2) is 66.2 Å². The Morgan fingerprint density at radius 3 is 2.77 bits per heavy atom. The van der Waals surface area contributed by atoms with Crippen molar-refractivity contribution >= 4 is 29.9 Å². The van der Waals surface area contributed by atoms with Crippen molar-refractivity contribution in [3.63, 3.8) is 0 Å². The first-order chi connectivity index (χ1) is 12.1. The van der Waals surface area contributed by atoms with E-state index in [0.29, 0.717) is 11.8 Å². The Morgan fingerprint density at radius 1 is 1.35 bits per heavy atom. The minimum atomic E-state index is -1.09. The Bertz CT molecular complexity index is 556. The van der Waals surface area contributed by atoms with Gasteiger partial charge in [-0.25, -0.2) is 4.99 Å². The molecule has 0 aromatic carbocycles. The first kappa shape index (κ1) is 21.5. The largest absolute Gasteiger partial charge is 0.466 e. The van der Waals surface area contributed by atoms with Gasteiger partial charge in [0, 0.05) is 25.7 Å². The molecule has 3 rings (SSSR count). The van der Waals surface area contributed by atoms with Crippen LogP contribution in [0.15, 0.2) is 27.8 Å². The van der Waals surface area contributed by atoms with Gasteiger partial charge in [0.1, 0.15) is 11.4 Å². The number of rotatable bonds is 5. The minimum Gasteiger partial charge on any atom is -0.466 e. The molecule has 3 heterocycles. The molecule has 2 saturated heterocycles. The van der Waals surface area contributed by atoms with Crippen LogP contribution < -0.4 is 5.32 Å². The molecule has 6 nitrogen and oxygen atoms in total. The topological polar surface area (TPSA) is 64.2 Å². The van der Waals surface area contributed by atoms with Crippen LogP contribution in [-0.2, 0) is 5.60 Å². The Morgan fingerprint density at radius 2 is 2.12 bits per heavy atom. The molecule has 0 bridgehead atoms. The minimum absolute atomic E-state index is 0. The molecule has 2 unspecified atom stereocenters. The Labute approximate surface area is 174 Å². The predicted molar refractivity (Wildman–Crippen MR) is 115 cm³/mol. The molecular formula is C19H33IN4O2. The molecule has 0 aliphatic carbocycles. The van der Waals surface area contributed by atoms with Gasteiger partial charge < -0.3 is 19.7 Å². The summed E-state index contributed by atoms with van der Waals surface area (Å²) in [6, 6.07) is 4.22. The Balaban J connectivity index is 0.00000243. The highest BCUT2D eigenvalue weighted by Gasteiger charge is 2.31.